The number of Topliss-reactive ketones (excluding diaryl/α,β-unsaturated/α-hetero) is 1. The molecule has 4 nitrogen and oxygen atoms in total. The van der Waals surface area contributed by atoms with Crippen molar-refractivity contribution in [3.8, 4) is 5.75 Å². The van der Waals surface area contributed by atoms with Crippen LogP contribution in [0.2, 0.25) is 0 Å². The van der Waals surface area contributed by atoms with E-state index in [9.17, 15) is 9.59 Å². The minimum absolute atomic E-state index is 0.0395. The molecular formula is C12H13BrO4. The monoisotopic (exact) mass is 300 g/mol. The second kappa shape index (κ2) is 5.82. The van der Waals surface area contributed by atoms with E-state index in [2.05, 4.69) is 15.9 Å². The summed E-state index contributed by atoms with van der Waals surface area (Å²) in [5, 5.41) is 8.77. The Morgan fingerprint density at radius 3 is 2.65 bits per heavy atom. The zero-order valence-corrected chi connectivity index (χ0v) is 11.2. The molecule has 92 valence electrons. The van der Waals surface area contributed by atoms with Crippen molar-refractivity contribution in [2.24, 2.45) is 5.92 Å². The van der Waals surface area contributed by atoms with Crippen LogP contribution in [-0.2, 0) is 4.79 Å². The van der Waals surface area contributed by atoms with Gasteiger partial charge in [-0.15, -0.1) is 0 Å². The molecule has 0 fully saturated rings. The number of ether oxygens (including phenoxy) is 1. The minimum Gasteiger partial charge on any atom is -0.496 e. The van der Waals surface area contributed by atoms with Crippen molar-refractivity contribution >= 4 is 27.7 Å². The maximum absolute atomic E-state index is 11.9. The van der Waals surface area contributed by atoms with E-state index >= 15 is 0 Å². The predicted octanol–water partition coefficient (Wildman–Crippen LogP) is 2.75. The van der Waals surface area contributed by atoms with Crippen molar-refractivity contribution in [1.29, 1.82) is 0 Å². The maximum atomic E-state index is 11.9. The Kier molecular flexibility index (Phi) is 4.69. The molecule has 0 saturated carbocycles. The molecule has 1 unspecified atom stereocenters. The van der Waals surface area contributed by atoms with Crippen molar-refractivity contribution in [3.05, 3.63) is 28.2 Å². The molecule has 1 aromatic carbocycles. The van der Waals surface area contributed by atoms with Crippen molar-refractivity contribution < 1.29 is 19.4 Å². The molecule has 0 aliphatic carbocycles. The van der Waals surface area contributed by atoms with Gasteiger partial charge in [0.25, 0.3) is 0 Å². The first kappa shape index (κ1) is 13.7. The van der Waals surface area contributed by atoms with Crippen molar-refractivity contribution in [2.45, 2.75) is 13.3 Å². The Bertz CT molecular complexity index is 442. The second-order valence-corrected chi connectivity index (χ2v) is 4.63. The first-order chi connectivity index (χ1) is 7.95. The third-order valence-electron chi connectivity index (χ3n) is 2.38. The van der Waals surface area contributed by atoms with Crippen LogP contribution in [0.1, 0.15) is 23.7 Å². The molecule has 5 heteroatoms. The van der Waals surface area contributed by atoms with Crippen LogP contribution in [0.5, 0.6) is 5.75 Å². The average Bonchev–Trinajstić information content (AvgIpc) is 2.28. The van der Waals surface area contributed by atoms with Gasteiger partial charge in [-0.3, -0.25) is 9.59 Å². The van der Waals surface area contributed by atoms with Crippen molar-refractivity contribution in [3.63, 3.8) is 0 Å². The second-order valence-electron chi connectivity index (χ2n) is 3.71. The van der Waals surface area contributed by atoms with E-state index in [1.54, 1.807) is 18.2 Å². The molecule has 0 aliphatic rings. The molecule has 0 heterocycles. The number of ketones is 1. The van der Waals surface area contributed by atoms with Gasteiger partial charge in [-0.25, -0.2) is 0 Å². The van der Waals surface area contributed by atoms with Crippen LogP contribution in [0.25, 0.3) is 0 Å². The summed E-state index contributed by atoms with van der Waals surface area (Å²) in [5.74, 6) is -1.47. The van der Waals surface area contributed by atoms with Gasteiger partial charge in [0.1, 0.15) is 5.75 Å². The lowest BCUT2D eigenvalue weighted by Gasteiger charge is -2.09. The Morgan fingerprint density at radius 1 is 1.47 bits per heavy atom. The highest BCUT2D eigenvalue weighted by Crippen LogP contribution is 2.25. The maximum Gasteiger partial charge on any atom is 0.306 e. The molecule has 0 amide bonds. The number of methoxy groups -OCH3 is 1. The highest BCUT2D eigenvalue weighted by Gasteiger charge is 2.19. The Labute approximate surface area is 108 Å². The average molecular weight is 301 g/mol. The largest absolute Gasteiger partial charge is 0.496 e. The van der Waals surface area contributed by atoms with Crippen molar-refractivity contribution in [1.82, 2.24) is 0 Å². The summed E-state index contributed by atoms with van der Waals surface area (Å²) in [7, 11) is 1.47. The summed E-state index contributed by atoms with van der Waals surface area (Å²) in [6, 6.07) is 5.06. The smallest absolute Gasteiger partial charge is 0.306 e. The molecule has 1 atom stereocenters. The molecule has 0 spiro atoms. The van der Waals surface area contributed by atoms with Gasteiger partial charge < -0.3 is 9.84 Å². The third-order valence-corrected chi connectivity index (χ3v) is 2.87. The van der Waals surface area contributed by atoms with Crippen LogP contribution in [0, 0.1) is 5.92 Å². The number of benzene rings is 1. The number of halogens is 1. The number of carbonyl (C=O) groups excluding carboxylic acids is 1. The Morgan fingerprint density at radius 2 is 2.12 bits per heavy atom. The molecule has 0 aliphatic heterocycles. The van der Waals surface area contributed by atoms with Gasteiger partial charge in [0.2, 0.25) is 0 Å². The molecule has 17 heavy (non-hydrogen) atoms. The molecule has 0 aromatic heterocycles. The molecule has 0 radical (unpaired) electrons. The summed E-state index contributed by atoms with van der Waals surface area (Å²) in [5.41, 5.74) is 0.398. The topological polar surface area (TPSA) is 63.6 Å². The lowest BCUT2D eigenvalue weighted by atomic mass is 9.99. The molecule has 0 saturated heterocycles. The lowest BCUT2D eigenvalue weighted by molar-refractivity contribution is -0.141. The van der Waals surface area contributed by atoms with Gasteiger partial charge in [-0.1, -0.05) is 22.9 Å². The van der Waals surface area contributed by atoms with Gasteiger partial charge in [-0.2, -0.15) is 0 Å². The lowest BCUT2D eigenvalue weighted by Crippen LogP contribution is -2.15. The quantitative estimate of drug-likeness (QED) is 0.849. The molecule has 1 aromatic rings. The summed E-state index contributed by atoms with van der Waals surface area (Å²) < 4.78 is 5.83. The van der Waals surface area contributed by atoms with Crippen LogP contribution in [0.3, 0.4) is 0 Å². The van der Waals surface area contributed by atoms with E-state index in [1.807, 2.05) is 0 Å². The van der Waals surface area contributed by atoms with Crippen LogP contribution in [0.4, 0.5) is 0 Å². The Hall–Kier alpha value is -1.36. The fourth-order valence-corrected chi connectivity index (χ4v) is 1.73. The standard InChI is InChI=1S/C12H13BrO4/c1-7(12(15)16)5-10(14)9-6-8(13)3-4-11(9)17-2/h3-4,6-7H,5H2,1-2H3,(H,15,16). The normalized spacial score (nSPS) is 11.9. The van der Waals surface area contributed by atoms with E-state index in [0.29, 0.717) is 11.3 Å². The number of carboxylic acids is 1. The number of hydrogen-bond donors (Lipinski definition) is 1. The van der Waals surface area contributed by atoms with Gasteiger partial charge in [0.15, 0.2) is 5.78 Å². The number of aliphatic carboxylic acids is 1. The van der Waals surface area contributed by atoms with E-state index in [1.165, 1.54) is 14.0 Å². The van der Waals surface area contributed by atoms with Gasteiger partial charge in [-0.05, 0) is 18.2 Å². The molecular weight excluding hydrogens is 288 g/mol. The van der Waals surface area contributed by atoms with Crippen LogP contribution in [-0.4, -0.2) is 24.0 Å². The zero-order chi connectivity index (χ0) is 13.0. The van der Waals surface area contributed by atoms with E-state index in [4.69, 9.17) is 9.84 Å². The fourth-order valence-electron chi connectivity index (χ4n) is 1.37. The van der Waals surface area contributed by atoms with E-state index in [0.717, 1.165) is 4.47 Å². The number of hydrogen-bond acceptors (Lipinski definition) is 3. The number of carbonyl (C=O) groups is 2. The highest BCUT2D eigenvalue weighted by atomic mass is 79.9. The van der Waals surface area contributed by atoms with E-state index < -0.39 is 11.9 Å². The summed E-state index contributed by atoms with van der Waals surface area (Å²) in [6.07, 6.45) is -0.0395. The summed E-state index contributed by atoms with van der Waals surface area (Å²) in [6.45, 7) is 1.50. The van der Waals surface area contributed by atoms with Crippen molar-refractivity contribution in [2.75, 3.05) is 7.11 Å². The first-order valence-corrected chi connectivity index (χ1v) is 5.84. The third kappa shape index (κ3) is 3.56. The predicted molar refractivity (Wildman–Crippen MR) is 66.4 cm³/mol. The highest BCUT2D eigenvalue weighted by molar-refractivity contribution is 9.10. The first-order valence-electron chi connectivity index (χ1n) is 5.05. The summed E-state index contributed by atoms with van der Waals surface area (Å²) >= 11 is 3.26. The number of rotatable bonds is 5. The number of carboxylic acid groups (broad SMARTS) is 1. The zero-order valence-electron chi connectivity index (χ0n) is 9.57. The Balaban J connectivity index is 2.95. The minimum atomic E-state index is -0.979. The molecule has 1 rings (SSSR count). The van der Waals surface area contributed by atoms with Crippen LogP contribution in [0.15, 0.2) is 22.7 Å². The fraction of sp³-hybridized carbons (Fsp3) is 0.333. The van der Waals surface area contributed by atoms with Gasteiger partial charge in [0.05, 0.1) is 18.6 Å². The van der Waals surface area contributed by atoms with Gasteiger partial charge in [0, 0.05) is 10.9 Å². The molecule has 0 bridgehead atoms. The van der Waals surface area contributed by atoms with Gasteiger partial charge >= 0.3 is 5.97 Å². The molecule has 1 N–H and O–H groups in total. The SMILES string of the molecule is COc1ccc(Br)cc1C(=O)CC(C)C(=O)O. The van der Waals surface area contributed by atoms with E-state index in [-0.39, 0.29) is 12.2 Å². The van der Waals surface area contributed by atoms with Crippen LogP contribution < -0.4 is 4.74 Å². The van der Waals surface area contributed by atoms with Crippen LogP contribution >= 0.6 is 15.9 Å². The summed E-state index contributed by atoms with van der Waals surface area (Å²) in [4.78, 5) is 22.6.